The van der Waals surface area contributed by atoms with Crippen molar-refractivity contribution >= 4 is 27.8 Å². The molecule has 7 heteroatoms. The van der Waals surface area contributed by atoms with E-state index >= 15 is 0 Å². The highest BCUT2D eigenvalue weighted by molar-refractivity contribution is 9.10. The van der Waals surface area contributed by atoms with Crippen LogP contribution in [0, 0.1) is 5.92 Å². The maximum absolute atomic E-state index is 12.6. The van der Waals surface area contributed by atoms with Gasteiger partial charge in [-0.05, 0) is 25.1 Å². The van der Waals surface area contributed by atoms with Gasteiger partial charge in [0.05, 0.1) is 24.8 Å². The van der Waals surface area contributed by atoms with Crippen molar-refractivity contribution in [2.24, 2.45) is 5.92 Å². The zero-order valence-corrected chi connectivity index (χ0v) is 13.0. The number of benzene rings is 1. The molecule has 6 nitrogen and oxygen atoms in total. The van der Waals surface area contributed by atoms with Crippen LogP contribution in [0.5, 0.6) is 5.75 Å². The predicted molar refractivity (Wildman–Crippen MR) is 78.3 cm³/mol. The van der Waals surface area contributed by atoms with E-state index in [1.807, 2.05) is 0 Å². The van der Waals surface area contributed by atoms with Crippen LogP contribution in [-0.4, -0.2) is 52.8 Å². The van der Waals surface area contributed by atoms with E-state index in [9.17, 15) is 19.8 Å². The number of ether oxygens (including phenoxy) is 1. The summed E-state index contributed by atoms with van der Waals surface area (Å²) in [5, 5.41) is 19.1. The minimum atomic E-state index is -0.984. The minimum Gasteiger partial charge on any atom is -0.507 e. The number of hydrogen-bond donors (Lipinski definition) is 2. The van der Waals surface area contributed by atoms with Crippen LogP contribution < -0.4 is 0 Å². The average Bonchev–Trinajstić information content (AvgIpc) is 2.91. The molecule has 2 N–H and O–H groups in total. The zero-order valence-electron chi connectivity index (χ0n) is 11.5. The fraction of sp³-hybridized carbons (Fsp3) is 0.429. The van der Waals surface area contributed by atoms with Gasteiger partial charge in [-0.1, -0.05) is 15.9 Å². The van der Waals surface area contributed by atoms with Crippen LogP contribution in [0.25, 0.3) is 0 Å². The van der Waals surface area contributed by atoms with Crippen molar-refractivity contribution in [1.82, 2.24) is 4.90 Å². The minimum absolute atomic E-state index is 0.0915. The third kappa shape index (κ3) is 3.19. The van der Waals surface area contributed by atoms with Gasteiger partial charge in [0.15, 0.2) is 0 Å². The number of carboxylic acids is 1. The molecule has 0 aliphatic carbocycles. The molecule has 1 aliphatic rings. The molecule has 1 aromatic carbocycles. The summed E-state index contributed by atoms with van der Waals surface area (Å²) in [7, 11) is 0. The highest BCUT2D eigenvalue weighted by Gasteiger charge is 2.40. The number of rotatable bonds is 4. The molecule has 21 heavy (non-hydrogen) atoms. The van der Waals surface area contributed by atoms with Crippen molar-refractivity contribution in [1.29, 1.82) is 0 Å². The first-order chi connectivity index (χ1) is 9.95. The van der Waals surface area contributed by atoms with E-state index in [-0.39, 0.29) is 24.5 Å². The van der Waals surface area contributed by atoms with Gasteiger partial charge in [-0.15, -0.1) is 0 Å². The van der Waals surface area contributed by atoms with E-state index in [1.165, 1.54) is 17.0 Å². The van der Waals surface area contributed by atoms with Crippen molar-refractivity contribution in [3.05, 3.63) is 28.2 Å². The number of carboxylic acid groups (broad SMARTS) is 1. The molecule has 1 fully saturated rings. The summed E-state index contributed by atoms with van der Waals surface area (Å²) in [6, 6.07) is 4.04. The number of amides is 1. The summed E-state index contributed by atoms with van der Waals surface area (Å²) in [6.07, 6.45) is 0. The number of phenolic OH excluding ortho intramolecular Hbond substituents is 1. The molecule has 1 aliphatic heterocycles. The lowest BCUT2D eigenvalue weighted by atomic mass is 10.0. The monoisotopic (exact) mass is 357 g/mol. The van der Waals surface area contributed by atoms with E-state index in [0.29, 0.717) is 11.0 Å². The standard InChI is InChI=1S/C14H16BrNO5/c1-2-16(11-7-21-6-10(11)14(19)20)13(18)9-5-8(15)3-4-12(9)17/h3-5,10-11,17H,2,6-7H2,1H3,(H,19,20). The molecule has 114 valence electrons. The number of hydrogen-bond acceptors (Lipinski definition) is 4. The number of phenols is 1. The van der Waals surface area contributed by atoms with Crippen molar-refractivity contribution < 1.29 is 24.5 Å². The number of carbonyl (C=O) groups is 2. The molecular weight excluding hydrogens is 342 g/mol. The lowest BCUT2D eigenvalue weighted by Crippen LogP contribution is -2.46. The van der Waals surface area contributed by atoms with Crippen molar-refractivity contribution in [2.45, 2.75) is 13.0 Å². The van der Waals surface area contributed by atoms with E-state index in [1.54, 1.807) is 13.0 Å². The van der Waals surface area contributed by atoms with Gasteiger partial charge in [0.2, 0.25) is 0 Å². The number of likely N-dealkylation sites (N-methyl/N-ethyl adjacent to an activating group) is 1. The molecule has 0 aromatic heterocycles. The Morgan fingerprint density at radius 1 is 1.43 bits per heavy atom. The molecule has 2 atom stereocenters. The summed E-state index contributed by atoms with van der Waals surface area (Å²) in [6.45, 7) is 2.38. The maximum Gasteiger partial charge on any atom is 0.311 e. The molecule has 1 saturated heterocycles. The van der Waals surface area contributed by atoms with Gasteiger partial charge in [-0.25, -0.2) is 0 Å². The Bertz CT molecular complexity index is 562. The van der Waals surface area contributed by atoms with Gasteiger partial charge >= 0.3 is 5.97 Å². The van der Waals surface area contributed by atoms with Crippen molar-refractivity contribution in [3.8, 4) is 5.75 Å². The fourth-order valence-electron chi connectivity index (χ4n) is 2.45. The van der Waals surface area contributed by atoms with E-state index < -0.39 is 23.8 Å². The maximum atomic E-state index is 12.6. The summed E-state index contributed by atoms with van der Waals surface area (Å²) in [5.74, 6) is -2.27. The second-order valence-corrected chi connectivity index (χ2v) is 5.72. The topological polar surface area (TPSA) is 87.1 Å². The van der Waals surface area contributed by atoms with Crippen LogP contribution in [0.1, 0.15) is 17.3 Å². The number of aliphatic carboxylic acids is 1. The molecule has 1 heterocycles. The first-order valence-electron chi connectivity index (χ1n) is 6.55. The molecule has 0 spiro atoms. The van der Waals surface area contributed by atoms with Crippen LogP contribution >= 0.6 is 15.9 Å². The number of nitrogens with zero attached hydrogens (tertiary/aromatic N) is 1. The van der Waals surface area contributed by atoms with Gasteiger partial charge in [-0.3, -0.25) is 9.59 Å². The highest BCUT2D eigenvalue weighted by atomic mass is 79.9. The second kappa shape index (κ2) is 6.44. The summed E-state index contributed by atoms with van der Waals surface area (Å²) >= 11 is 3.25. The van der Waals surface area contributed by atoms with Crippen LogP contribution in [0.4, 0.5) is 0 Å². The van der Waals surface area contributed by atoms with Crippen LogP contribution in [0.2, 0.25) is 0 Å². The molecule has 0 radical (unpaired) electrons. The first kappa shape index (κ1) is 15.8. The van der Waals surface area contributed by atoms with Gasteiger partial charge in [-0.2, -0.15) is 0 Å². The molecular formula is C14H16BrNO5. The zero-order chi connectivity index (χ0) is 15.6. The molecule has 1 aromatic rings. The molecule has 0 saturated carbocycles. The largest absolute Gasteiger partial charge is 0.507 e. The molecule has 2 unspecified atom stereocenters. The molecule has 0 bridgehead atoms. The Labute approximate surface area is 130 Å². The van der Waals surface area contributed by atoms with Gasteiger partial charge in [0.1, 0.15) is 11.7 Å². The normalized spacial score (nSPS) is 21.2. The van der Waals surface area contributed by atoms with E-state index in [0.717, 1.165) is 0 Å². The SMILES string of the molecule is CCN(C(=O)c1cc(Br)ccc1O)C1COCC1C(=O)O. The highest BCUT2D eigenvalue weighted by Crippen LogP contribution is 2.27. The van der Waals surface area contributed by atoms with Crippen LogP contribution in [-0.2, 0) is 9.53 Å². The van der Waals surface area contributed by atoms with Gasteiger partial charge < -0.3 is 19.8 Å². The van der Waals surface area contributed by atoms with Crippen molar-refractivity contribution in [3.63, 3.8) is 0 Å². The third-order valence-electron chi connectivity index (χ3n) is 3.56. The lowest BCUT2D eigenvalue weighted by Gasteiger charge is -2.29. The fourth-order valence-corrected chi connectivity index (χ4v) is 2.81. The van der Waals surface area contributed by atoms with Crippen LogP contribution in [0.3, 0.4) is 0 Å². The summed E-state index contributed by atoms with van der Waals surface area (Å²) < 4.78 is 5.87. The number of aromatic hydroxyl groups is 1. The molecule has 2 rings (SSSR count). The second-order valence-electron chi connectivity index (χ2n) is 4.80. The Kier molecular flexibility index (Phi) is 4.84. The van der Waals surface area contributed by atoms with Crippen LogP contribution in [0.15, 0.2) is 22.7 Å². The first-order valence-corrected chi connectivity index (χ1v) is 7.35. The Balaban J connectivity index is 2.30. The smallest absolute Gasteiger partial charge is 0.311 e. The third-order valence-corrected chi connectivity index (χ3v) is 4.05. The quantitative estimate of drug-likeness (QED) is 0.856. The summed E-state index contributed by atoms with van der Waals surface area (Å²) in [4.78, 5) is 25.3. The predicted octanol–water partition coefficient (Wildman–Crippen LogP) is 1.72. The van der Waals surface area contributed by atoms with Gasteiger partial charge in [0, 0.05) is 11.0 Å². The Morgan fingerprint density at radius 2 is 2.14 bits per heavy atom. The lowest BCUT2D eigenvalue weighted by molar-refractivity contribution is -0.142. The number of halogens is 1. The number of carbonyl (C=O) groups excluding carboxylic acids is 1. The summed E-state index contributed by atoms with van der Waals surface area (Å²) in [5.41, 5.74) is 0.141. The Morgan fingerprint density at radius 3 is 2.76 bits per heavy atom. The van der Waals surface area contributed by atoms with Crippen molar-refractivity contribution in [2.75, 3.05) is 19.8 Å². The molecule has 1 amide bonds. The van der Waals surface area contributed by atoms with E-state index in [2.05, 4.69) is 15.9 Å². The Hall–Kier alpha value is -1.60. The average molecular weight is 358 g/mol. The van der Waals surface area contributed by atoms with Gasteiger partial charge in [0.25, 0.3) is 5.91 Å². The van der Waals surface area contributed by atoms with E-state index in [4.69, 9.17) is 4.74 Å².